The fourth-order valence-corrected chi connectivity index (χ4v) is 8.41. The van der Waals surface area contributed by atoms with Gasteiger partial charge in [0.2, 0.25) is 0 Å². The molecule has 2 aromatic heterocycles. The van der Waals surface area contributed by atoms with Crippen LogP contribution in [0.1, 0.15) is 54.3 Å². The summed E-state index contributed by atoms with van der Waals surface area (Å²) in [6.45, 7) is 1.07. The SMILES string of the molecule is COOCCCCCC1[C@]2(O)CC3O[C@]12n1c2ccccc2c2c4c(c5c6ccccc6n3c5c21)C(=O)NC4. The van der Waals surface area contributed by atoms with Gasteiger partial charge in [-0.15, -0.1) is 0 Å². The Labute approximate surface area is 223 Å². The fourth-order valence-electron chi connectivity index (χ4n) is 8.41. The number of aromatic nitrogens is 2. The molecule has 2 unspecified atom stereocenters. The molecule has 0 radical (unpaired) electrons. The fraction of sp³-hybridized carbons (Fsp3) is 0.387. The van der Waals surface area contributed by atoms with Crippen molar-refractivity contribution in [3.8, 4) is 0 Å². The maximum absolute atomic E-state index is 13.4. The molecule has 198 valence electrons. The minimum absolute atomic E-state index is 0.0115. The molecular formula is C31H29N3O5. The first-order chi connectivity index (χ1) is 19.1. The van der Waals surface area contributed by atoms with Gasteiger partial charge in [-0.2, -0.15) is 0 Å². The molecule has 8 nitrogen and oxygen atoms in total. The van der Waals surface area contributed by atoms with E-state index in [1.165, 1.54) is 7.11 Å². The Kier molecular flexibility index (Phi) is 4.25. The van der Waals surface area contributed by atoms with Gasteiger partial charge < -0.3 is 24.3 Å². The monoisotopic (exact) mass is 523 g/mol. The van der Waals surface area contributed by atoms with E-state index < -0.39 is 11.3 Å². The van der Waals surface area contributed by atoms with Crippen molar-refractivity contribution in [2.45, 2.75) is 56.2 Å². The van der Waals surface area contributed by atoms with Crippen LogP contribution in [0.3, 0.4) is 0 Å². The molecule has 2 bridgehead atoms. The van der Waals surface area contributed by atoms with E-state index in [0.717, 1.165) is 80.4 Å². The first-order valence-electron chi connectivity index (χ1n) is 14.0. The predicted molar refractivity (Wildman–Crippen MR) is 146 cm³/mol. The van der Waals surface area contributed by atoms with Crippen LogP contribution < -0.4 is 5.32 Å². The second-order valence-corrected chi connectivity index (χ2v) is 11.5. The second-order valence-electron chi connectivity index (χ2n) is 11.5. The highest BCUT2D eigenvalue weighted by Gasteiger charge is 2.84. The van der Waals surface area contributed by atoms with Crippen molar-refractivity contribution < 1.29 is 24.4 Å². The first-order valence-corrected chi connectivity index (χ1v) is 14.0. The van der Waals surface area contributed by atoms with Crippen molar-refractivity contribution in [2.75, 3.05) is 13.7 Å². The molecule has 3 aromatic carbocycles. The summed E-state index contributed by atoms with van der Waals surface area (Å²) in [5, 5.41) is 19.7. The molecule has 1 saturated heterocycles. The number of carbonyl (C=O) groups is 1. The zero-order valence-corrected chi connectivity index (χ0v) is 21.7. The van der Waals surface area contributed by atoms with Crippen LogP contribution in [0.15, 0.2) is 48.5 Å². The third-order valence-electron chi connectivity index (χ3n) is 9.86. The molecule has 4 atom stereocenters. The van der Waals surface area contributed by atoms with E-state index >= 15 is 0 Å². The Balaban J connectivity index is 1.35. The van der Waals surface area contributed by atoms with Gasteiger partial charge >= 0.3 is 0 Å². The molecular weight excluding hydrogens is 494 g/mol. The Morgan fingerprint density at radius 3 is 2.62 bits per heavy atom. The summed E-state index contributed by atoms with van der Waals surface area (Å²) in [6.07, 6.45) is 3.97. The smallest absolute Gasteiger partial charge is 0.252 e. The van der Waals surface area contributed by atoms with Crippen molar-refractivity contribution >= 4 is 49.5 Å². The van der Waals surface area contributed by atoms with Crippen LogP contribution >= 0.6 is 0 Å². The quantitative estimate of drug-likeness (QED) is 0.173. The van der Waals surface area contributed by atoms with Crippen LogP contribution in [-0.4, -0.2) is 39.5 Å². The predicted octanol–water partition coefficient (Wildman–Crippen LogP) is 5.23. The van der Waals surface area contributed by atoms with Crippen LogP contribution in [0.2, 0.25) is 0 Å². The summed E-state index contributed by atoms with van der Waals surface area (Å²) in [4.78, 5) is 23.1. The molecule has 8 heteroatoms. The maximum atomic E-state index is 13.4. The lowest BCUT2D eigenvalue weighted by atomic mass is 9.97. The number of rotatable bonds is 7. The number of amides is 1. The van der Waals surface area contributed by atoms with Crippen molar-refractivity contribution in [1.82, 2.24) is 14.5 Å². The number of para-hydroxylation sites is 2. The Hall–Kier alpha value is -3.43. The molecule has 1 amide bonds. The number of unbranched alkanes of at least 4 members (excludes halogenated alkanes) is 2. The zero-order valence-electron chi connectivity index (χ0n) is 21.7. The van der Waals surface area contributed by atoms with Gasteiger partial charge in [0.05, 0.1) is 41.3 Å². The van der Waals surface area contributed by atoms with Gasteiger partial charge in [-0.3, -0.25) is 4.79 Å². The normalized spacial score (nSPS) is 28.1. The lowest BCUT2D eigenvalue weighted by Crippen LogP contribution is -2.26. The van der Waals surface area contributed by atoms with Crippen molar-refractivity contribution in [2.24, 2.45) is 5.92 Å². The Bertz CT molecular complexity index is 1890. The first kappa shape index (κ1) is 22.4. The molecule has 2 fully saturated rings. The molecule has 1 spiro atoms. The number of nitrogens with zero attached hydrogens (tertiary/aromatic N) is 2. The number of hydrogen-bond acceptors (Lipinski definition) is 5. The highest BCUT2D eigenvalue weighted by Crippen LogP contribution is 2.74. The number of aliphatic hydroxyl groups is 1. The summed E-state index contributed by atoms with van der Waals surface area (Å²) in [5.41, 5.74) is 4.26. The summed E-state index contributed by atoms with van der Waals surface area (Å²) < 4.78 is 11.7. The lowest BCUT2D eigenvalue weighted by molar-refractivity contribution is -0.272. The van der Waals surface area contributed by atoms with Gasteiger partial charge in [-0.05, 0) is 30.5 Å². The maximum Gasteiger partial charge on any atom is 0.252 e. The van der Waals surface area contributed by atoms with Crippen LogP contribution in [0.4, 0.5) is 0 Å². The van der Waals surface area contributed by atoms with Crippen LogP contribution in [0.25, 0.3) is 43.6 Å². The van der Waals surface area contributed by atoms with Gasteiger partial charge in [0.15, 0.2) is 5.72 Å². The molecule has 1 saturated carbocycles. The average Bonchev–Trinajstić information content (AvgIpc) is 3.44. The van der Waals surface area contributed by atoms with E-state index in [0.29, 0.717) is 19.6 Å². The minimum atomic E-state index is -0.960. The van der Waals surface area contributed by atoms with Crippen LogP contribution in [0, 0.1) is 5.92 Å². The molecule has 1 aliphatic carbocycles. The number of fused-ring (bicyclic) bond motifs is 11. The molecule has 4 aliphatic rings. The van der Waals surface area contributed by atoms with Crippen LogP contribution in [0.5, 0.6) is 0 Å². The standard InChI is InChI=1S/C31H29N3O5/c1-37-38-14-8-2-3-13-22-30(36)15-23-33-20-11-6-4-9-17(20)25-26-19(16-32-29(26)35)24-18-10-5-7-12-21(18)34(28(24)27(25)33)31(22,30)39-23/h4-7,9-12,22-23,36H,2-3,8,13-16H2,1H3,(H,32,35)/t22?,23?,30-,31-/m1/s1. The number of ether oxygens (including phenoxy) is 1. The van der Waals surface area contributed by atoms with Gasteiger partial charge in [0.25, 0.3) is 5.91 Å². The largest absolute Gasteiger partial charge is 0.384 e. The lowest BCUT2D eigenvalue weighted by Gasteiger charge is -2.22. The number of nitrogens with one attached hydrogen (secondary N) is 1. The molecule has 2 N–H and O–H groups in total. The van der Waals surface area contributed by atoms with Crippen molar-refractivity contribution in [3.05, 3.63) is 59.7 Å². The summed E-state index contributed by atoms with van der Waals surface area (Å²) in [6, 6.07) is 16.7. The van der Waals surface area contributed by atoms with E-state index in [9.17, 15) is 9.90 Å². The summed E-state index contributed by atoms with van der Waals surface area (Å²) in [5.74, 6) is -0.0269. The summed E-state index contributed by atoms with van der Waals surface area (Å²) >= 11 is 0. The number of carbonyl (C=O) groups excluding carboxylic acids is 1. The van der Waals surface area contributed by atoms with E-state index in [1.54, 1.807) is 0 Å². The third kappa shape index (κ3) is 2.44. The molecule has 5 heterocycles. The van der Waals surface area contributed by atoms with Crippen molar-refractivity contribution in [3.63, 3.8) is 0 Å². The molecule has 5 aromatic rings. The molecule has 39 heavy (non-hydrogen) atoms. The molecule has 9 rings (SSSR count). The topological polar surface area (TPSA) is 86.9 Å². The van der Waals surface area contributed by atoms with Gasteiger partial charge in [-0.25, -0.2) is 9.78 Å². The summed E-state index contributed by atoms with van der Waals surface area (Å²) in [7, 11) is 1.53. The van der Waals surface area contributed by atoms with E-state index in [4.69, 9.17) is 14.5 Å². The number of hydrogen-bond donors (Lipinski definition) is 2. The zero-order chi connectivity index (χ0) is 26.1. The van der Waals surface area contributed by atoms with E-state index in [1.807, 2.05) is 12.1 Å². The Morgan fingerprint density at radius 1 is 1.03 bits per heavy atom. The van der Waals surface area contributed by atoms with Gasteiger partial charge in [0.1, 0.15) is 11.8 Å². The average molecular weight is 524 g/mol. The van der Waals surface area contributed by atoms with E-state index in [-0.39, 0.29) is 18.1 Å². The Morgan fingerprint density at radius 2 is 1.79 bits per heavy atom. The minimum Gasteiger partial charge on any atom is -0.384 e. The van der Waals surface area contributed by atoms with E-state index in [2.05, 4.69) is 50.8 Å². The van der Waals surface area contributed by atoms with Crippen molar-refractivity contribution in [1.29, 1.82) is 0 Å². The van der Waals surface area contributed by atoms with Gasteiger partial charge in [-0.1, -0.05) is 49.2 Å². The van der Waals surface area contributed by atoms with Crippen LogP contribution in [-0.2, 0) is 26.8 Å². The molecule has 3 aliphatic heterocycles. The second kappa shape index (κ2) is 7.40. The highest BCUT2D eigenvalue weighted by molar-refractivity contribution is 6.31. The number of benzene rings is 3. The third-order valence-corrected chi connectivity index (χ3v) is 9.86. The highest BCUT2D eigenvalue weighted by atomic mass is 17.2. The van der Waals surface area contributed by atoms with Gasteiger partial charge in [0, 0.05) is 40.4 Å².